The highest BCUT2D eigenvalue weighted by Gasteiger charge is 2.18. The first-order valence-electron chi connectivity index (χ1n) is 4.94. The number of ether oxygens (including phenoxy) is 2. The lowest BCUT2D eigenvalue weighted by Crippen LogP contribution is -2.21. The maximum Gasteiger partial charge on any atom is 0.434 e. The number of aliphatic imine (C=N–C) groups is 1. The number of nitrogens with zero attached hydrogens (tertiary/aromatic N) is 2. The molecule has 1 rings (SSSR count). The molecule has 0 aliphatic rings. The summed E-state index contributed by atoms with van der Waals surface area (Å²) in [5.41, 5.74) is 0.0932. The lowest BCUT2D eigenvalue weighted by molar-refractivity contribution is -0.134. The van der Waals surface area contributed by atoms with Crippen molar-refractivity contribution in [2.75, 3.05) is 13.7 Å². The summed E-state index contributed by atoms with van der Waals surface area (Å²) in [7, 11) is 1.17. The zero-order valence-electron chi connectivity index (χ0n) is 9.54. The molecule has 6 heteroatoms. The number of amides is 1. The van der Waals surface area contributed by atoms with E-state index in [1.807, 2.05) is 0 Å². The van der Waals surface area contributed by atoms with E-state index in [1.54, 1.807) is 25.1 Å². The smallest absolute Gasteiger partial charge is 0.434 e. The highest BCUT2D eigenvalue weighted by atomic mass is 16.5. The molecule has 17 heavy (non-hydrogen) atoms. The lowest BCUT2D eigenvalue weighted by atomic mass is 10.2. The quantitative estimate of drug-likeness (QED) is 0.582. The normalized spacial score (nSPS) is 10.8. The van der Waals surface area contributed by atoms with Gasteiger partial charge in [0.15, 0.2) is 5.71 Å². The summed E-state index contributed by atoms with van der Waals surface area (Å²) in [4.78, 5) is 30.1. The van der Waals surface area contributed by atoms with Crippen molar-refractivity contribution in [1.82, 2.24) is 4.98 Å². The SMILES string of the molecule is CCOC(=O)C(=NC(=O)OC)c1ccccn1. The Bertz CT molecular complexity index is 428. The minimum absolute atomic E-state index is 0.167. The van der Waals surface area contributed by atoms with Gasteiger partial charge in [0.1, 0.15) is 0 Å². The Kier molecular flexibility index (Phi) is 4.80. The number of methoxy groups -OCH3 is 1. The fourth-order valence-electron chi connectivity index (χ4n) is 1.05. The Morgan fingerprint density at radius 3 is 2.71 bits per heavy atom. The van der Waals surface area contributed by atoms with Gasteiger partial charge < -0.3 is 9.47 Å². The van der Waals surface area contributed by atoms with Gasteiger partial charge in [0.2, 0.25) is 0 Å². The summed E-state index contributed by atoms with van der Waals surface area (Å²) >= 11 is 0. The number of esters is 1. The first kappa shape index (κ1) is 12.8. The monoisotopic (exact) mass is 236 g/mol. The zero-order chi connectivity index (χ0) is 12.7. The van der Waals surface area contributed by atoms with Crippen LogP contribution in [-0.4, -0.2) is 36.5 Å². The summed E-state index contributed by atoms with van der Waals surface area (Å²) in [6.07, 6.45) is 0.611. The van der Waals surface area contributed by atoms with Crippen molar-refractivity contribution in [1.29, 1.82) is 0 Å². The van der Waals surface area contributed by atoms with Crippen molar-refractivity contribution < 1.29 is 19.1 Å². The molecule has 0 N–H and O–H groups in total. The molecule has 0 saturated heterocycles. The molecule has 0 bridgehead atoms. The molecule has 1 aromatic rings. The fraction of sp³-hybridized carbons (Fsp3) is 0.273. The van der Waals surface area contributed by atoms with Gasteiger partial charge in [-0.1, -0.05) is 6.07 Å². The van der Waals surface area contributed by atoms with Crippen LogP contribution in [0.5, 0.6) is 0 Å². The number of aromatic nitrogens is 1. The molecule has 90 valence electrons. The van der Waals surface area contributed by atoms with Gasteiger partial charge >= 0.3 is 12.1 Å². The number of pyridine rings is 1. The molecule has 0 aliphatic heterocycles. The molecule has 6 nitrogen and oxygen atoms in total. The van der Waals surface area contributed by atoms with Gasteiger partial charge in [0.25, 0.3) is 0 Å². The van der Waals surface area contributed by atoms with E-state index in [2.05, 4.69) is 14.7 Å². The summed E-state index contributed by atoms with van der Waals surface area (Å²) in [5.74, 6) is -0.711. The van der Waals surface area contributed by atoms with Crippen molar-refractivity contribution >= 4 is 17.8 Å². The van der Waals surface area contributed by atoms with Gasteiger partial charge in [0, 0.05) is 6.20 Å². The lowest BCUT2D eigenvalue weighted by Gasteiger charge is -2.04. The molecule has 0 fully saturated rings. The Hall–Kier alpha value is -2.24. The van der Waals surface area contributed by atoms with Gasteiger partial charge in [-0.25, -0.2) is 9.59 Å². The Morgan fingerprint density at radius 1 is 1.41 bits per heavy atom. The van der Waals surface area contributed by atoms with Gasteiger partial charge in [-0.05, 0) is 19.1 Å². The fourth-order valence-corrected chi connectivity index (χ4v) is 1.05. The second-order valence-electron chi connectivity index (χ2n) is 2.87. The Labute approximate surface area is 98.3 Å². The van der Waals surface area contributed by atoms with Crippen LogP contribution < -0.4 is 0 Å². The third kappa shape index (κ3) is 3.67. The van der Waals surface area contributed by atoms with E-state index in [1.165, 1.54) is 13.3 Å². The first-order chi connectivity index (χ1) is 8.19. The summed E-state index contributed by atoms with van der Waals surface area (Å²) in [5, 5.41) is 0. The van der Waals surface area contributed by atoms with Crippen LogP contribution in [0.1, 0.15) is 12.6 Å². The van der Waals surface area contributed by atoms with E-state index in [0.717, 1.165) is 0 Å². The number of carbonyl (C=O) groups is 2. The third-order valence-corrected chi connectivity index (χ3v) is 1.75. The van der Waals surface area contributed by atoms with Gasteiger partial charge in [-0.15, -0.1) is 0 Å². The first-order valence-corrected chi connectivity index (χ1v) is 4.94. The van der Waals surface area contributed by atoms with E-state index < -0.39 is 12.1 Å². The highest BCUT2D eigenvalue weighted by molar-refractivity contribution is 6.44. The second kappa shape index (κ2) is 6.37. The molecule has 0 saturated carbocycles. The number of rotatable bonds is 3. The van der Waals surface area contributed by atoms with Crippen LogP contribution in [0.4, 0.5) is 4.79 Å². The standard InChI is InChI=1S/C11H12N2O4/c1-3-17-10(14)9(13-11(15)16-2)8-6-4-5-7-12-8/h4-7H,3H2,1-2H3. The van der Waals surface area contributed by atoms with Crippen LogP contribution in [0.3, 0.4) is 0 Å². The van der Waals surface area contributed by atoms with Gasteiger partial charge in [0.05, 0.1) is 19.4 Å². The molecule has 0 aliphatic carbocycles. The Balaban J connectivity index is 3.07. The molecule has 0 spiro atoms. The highest BCUT2D eigenvalue weighted by Crippen LogP contribution is 2.01. The molecule has 1 heterocycles. The predicted octanol–water partition coefficient (Wildman–Crippen LogP) is 1.20. The molecule has 0 unspecified atom stereocenters. The van der Waals surface area contributed by atoms with Crippen LogP contribution in [0.25, 0.3) is 0 Å². The van der Waals surface area contributed by atoms with Crippen molar-refractivity contribution in [2.45, 2.75) is 6.92 Å². The van der Waals surface area contributed by atoms with Crippen LogP contribution in [-0.2, 0) is 14.3 Å². The number of hydrogen-bond acceptors (Lipinski definition) is 5. The number of carbonyl (C=O) groups excluding carboxylic acids is 2. The van der Waals surface area contributed by atoms with Crippen molar-refractivity contribution in [2.24, 2.45) is 4.99 Å². The van der Waals surface area contributed by atoms with Crippen molar-refractivity contribution in [3.8, 4) is 0 Å². The van der Waals surface area contributed by atoms with E-state index in [0.29, 0.717) is 0 Å². The summed E-state index contributed by atoms with van der Waals surface area (Å²) < 4.78 is 9.15. The number of hydrogen-bond donors (Lipinski definition) is 0. The molecule has 0 radical (unpaired) electrons. The van der Waals surface area contributed by atoms with E-state index >= 15 is 0 Å². The molecule has 0 aromatic carbocycles. The maximum atomic E-state index is 11.6. The summed E-state index contributed by atoms with van der Waals surface area (Å²) in [6.45, 7) is 1.85. The zero-order valence-corrected chi connectivity index (χ0v) is 9.54. The van der Waals surface area contributed by atoms with Crippen molar-refractivity contribution in [3.05, 3.63) is 30.1 Å². The second-order valence-corrected chi connectivity index (χ2v) is 2.87. The van der Waals surface area contributed by atoms with Crippen LogP contribution >= 0.6 is 0 Å². The minimum Gasteiger partial charge on any atom is -0.461 e. The van der Waals surface area contributed by atoms with Gasteiger partial charge in [-0.2, -0.15) is 4.99 Å². The van der Waals surface area contributed by atoms with E-state index in [4.69, 9.17) is 4.74 Å². The maximum absolute atomic E-state index is 11.6. The van der Waals surface area contributed by atoms with Crippen LogP contribution in [0.15, 0.2) is 29.4 Å². The molecular weight excluding hydrogens is 224 g/mol. The topological polar surface area (TPSA) is 77.8 Å². The molecule has 1 aromatic heterocycles. The average molecular weight is 236 g/mol. The van der Waals surface area contributed by atoms with E-state index in [9.17, 15) is 9.59 Å². The van der Waals surface area contributed by atoms with Crippen LogP contribution in [0.2, 0.25) is 0 Å². The predicted molar refractivity (Wildman–Crippen MR) is 59.8 cm³/mol. The van der Waals surface area contributed by atoms with Gasteiger partial charge in [-0.3, -0.25) is 4.98 Å². The van der Waals surface area contributed by atoms with E-state index in [-0.39, 0.29) is 18.0 Å². The Morgan fingerprint density at radius 2 is 2.18 bits per heavy atom. The molecule has 1 amide bonds. The molecular formula is C11H12N2O4. The van der Waals surface area contributed by atoms with Crippen molar-refractivity contribution in [3.63, 3.8) is 0 Å². The van der Waals surface area contributed by atoms with Crippen LogP contribution in [0, 0.1) is 0 Å². The average Bonchev–Trinajstić information content (AvgIpc) is 2.36. The summed E-state index contributed by atoms with van der Waals surface area (Å²) in [6, 6.07) is 4.91. The largest absolute Gasteiger partial charge is 0.461 e. The minimum atomic E-state index is -0.876. The third-order valence-electron chi connectivity index (χ3n) is 1.75. The molecule has 0 atom stereocenters.